The lowest BCUT2D eigenvalue weighted by Gasteiger charge is -2.33. The SMILES string of the molecule is CC1c2cc(F)sc2CCN1C(=O)c1cc2ncc(Cl)cn2n1. The molecule has 0 radical (unpaired) electrons. The van der Waals surface area contributed by atoms with Gasteiger partial charge in [0.1, 0.15) is 0 Å². The minimum absolute atomic E-state index is 0.173. The van der Waals surface area contributed by atoms with Crippen LogP contribution < -0.4 is 0 Å². The number of amides is 1. The molecule has 0 saturated carbocycles. The van der Waals surface area contributed by atoms with Crippen LogP contribution in [0.25, 0.3) is 5.65 Å². The Morgan fingerprint density at radius 1 is 1.48 bits per heavy atom. The van der Waals surface area contributed by atoms with Gasteiger partial charge in [0.25, 0.3) is 5.91 Å². The number of hydrogen-bond acceptors (Lipinski definition) is 4. The summed E-state index contributed by atoms with van der Waals surface area (Å²) in [5, 5.41) is 4.49. The largest absolute Gasteiger partial charge is 0.330 e. The van der Waals surface area contributed by atoms with E-state index in [1.54, 1.807) is 17.2 Å². The van der Waals surface area contributed by atoms with E-state index in [1.165, 1.54) is 16.8 Å². The summed E-state index contributed by atoms with van der Waals surface area (Å²) in [6.45, 7) is 2.46. The Hall–Kier alpha value is -1.99. The molecule has 0 aromatic carbocycles. The molecule has 1 unspecified atom stereocenters. The molecule has 1 amide bonds. The maximum Gasteiger partial charge on any atom is 0.274 e. The van der Waals surface area contributed by atoms with E-state index >= 15 is 0 Å². The number of rotatable bonds is 1. The first-order chi connectivity index (χ1) is 11.0. The number of thiophene rings is 1. The average molecular weight is 351 g/mol. The van der Waals surface area contributed by atoms with E-state index in [4.69, 9.17) is 11.6 Å². The molecule has 0 N–H and O–H groups in total. The van der Waals surface area contributed by atoms with Crippen LogP contribution in [-0.2, 0) is 6.42 Å². The van der Waals surface area contributed by atoms with Gasteiger partial charge in [-0.15, -0.1) is 11.3 Å². The second-order valence-electron chi connectivity index (χ2n) is 5.46. The van der Waals surface area contributed by atoms with Crippen LogP contribution in [0.5, 0.6) is 0 Å². The van der Waals surface area contributed by atoms with E-state index in [2.05, 4.69) is 10.1 Å². The molecule has 1 aliphatic heterocycles. The molecule has 0 spiro atoms. The highest BCUT2D eigenvalue weighted by atomic mass is 35.5. The Balaban J connectivity index is 1.68. The lowest BCUT2D eigenvalue weighted by molar-refractivity contribution is 0.0672. The van der Waals surface area contributed by atoms with Crippen LogP contribution in [0.15, 0.2) is 24.5 Å². The van der Waals surface area contributed by atoms with Gasteiger partial charge >= 0.3 is 0 Å². The lowest BCUT2D eigenvalue weighted by Crippen LogP contribution is -2.38. The third-order valence-corrected chi connectivity index (χ3v) is 5.27. The highest BCUT2D eigenvalue weighted by molar-refractivity contribution is 7.10. The summed E-state index contributed by atoms with van der Waals surface area (Å²) in [4.78, 5) is 19.7. The van der Waals surface area contributed by atoms with Crippen molar-refractivity contribution in [2.45, 2.75) is 19.4 Å². The Labute approximate surface area is 140 Å². The molecular formula is C15H12ClFN4OS. The molecule has 23 heavy (non-hydrogen) atoms. The molecule has 3 aromatic rings. The molecule has 3 aromatic heterocycles. The van der Waals surface area contributed by atoms with Crippen molar-refractivity contribution in [3.05, 3.63) is 50.8 Å². The van der Waals surface area contributed by atoms with Crippen LogP contribution >= 0.6 is 22.9 Å². The first-order valence-electron chi connectivity index (χ1n) is 7.13. The zero-order valence-corrected chi connectivity index (χ0v) is 13.7. The van der Waals surface area contributed by atoms with Crippen LogP contribution in [0.4, 0.5) is 4.39 Å². The van der Waals surface area contributed by atoms with Crippen molar-refractivity contribution in [1.82, 2.24) is 19.5 Å². The van der Waals surface area contributed by atoms with Crippen molar-refractivity contribution < 1.29 is 9.18 Å². The van der Waals surface area contributed by atoms with Crippen LogP contribution in [0.1, 0.15) is 33.9 Å². The molecular weight excluding hydrogens is 339 g/mol. The highest BCUT2D eigenvalue weighted by Crippen LogP contribution is 2.35. The molecule has 0 aliphatic carbocycles. The molecule has 0 fully saturated rings. The monoisotopic (exact) mass is 350 g/mol. The summed E-state index contributed by atoms with van der Waals surface area (Å²) in [7, 11) is 0. The summed E-state index contributed by atoms with van der Waals surface area (Å²) < 4.78 is 15.0. The minimum atomic E-state index is -0.206. The van der Waals surface area contributed by atoms with E-state index in [-0.39, 0.29) is 17.1 Å². The van der Waals surface area contributed by atoms with Crippen molar-refractivity contribution >= 4 is 34.5 Å². The van der Waals surface area contributed by atoms with Gasteiger partial charge in [0, 0.05) is 23.7 Å². The zero-order chi connectivity index (χ0) is 16.1. The summed E-state index contributed by atoms with van der Waals surface area (Å²) in [6, 6.07) is 2.98. The molecule has 0 saturated heterocycles. The molecule has 1 aliphatic rings. The van der Waals surface area contributed by atoms with Gasteiger partial charge in [0.05, 0.1) is 17.3 Å². The van der Waals surface area contributed by atoms with Crippen molar-refractivity contribution in [3.8, 4) is 0 Å². The molecule has 4 heterocycles. The summed E-state index contributed by atoms with van der Waals surface area (Å²) in [5.41, 5.74) is 1.76. The van der Waals surface area contributed by atoms with E-state index in [1.807, 2.05) is 6.92 Å². The summed E-state index contributed by atoms with van der Waals surface area (Å²) in [6.07, 6.45) is 3.78. The van der Waals surface area contributed by atoms with Gasteiger partial charge in [-0.1, -0.05) is 11.6 Å². The zero-order valence-electron chi connectivity index (χ0n) is 12.2. The first kappa shape index (κ1) is 14.6. The topological polar surface area (TPSA) is 50.5 Å². The smallest absolute Gasteiger partial charge is 0.274 e. The van der Waals surface area contributed by atoms with E-state index in [0.717, 1.165) is 21.8 Å². The fourth-order valence-electron chi connectivity index (χ4n) is 2.92. The van der Waals surface area contributed by atoms with Crippen LogP contribution in [-0.4, -0.2) is 31.9 Å². The first-order valence-corrected chi connectivity index (χ1v) is 8.32. The number of carbonyl (C=O) groups is 1. The molecule has 1 atom stereocenters. The predicted molar refractivity (Wildman–Crippen MR) is 85.4 cm³/mol. The summed E-state index contributed by atoms with van der Waals surface area (Å²) in [5.74, 6) is -0.184. The van der Waals surface area contributed by atoms with Gasteiger partial charge in [0.15, 0.2) is 16.5 Å². The number of hydrogen-bond donors (Lipinski definition) is 0. The Bertz CT molecular complexity index is 921. The second-order valence-corrected chi connectivity index (χ2v) is 6.98. The predicted octanol–water partition coefficient (Wildman–Crippen LogP) is 3.34. The fourth-order valence-corrected chi connectivity index (χ4v) is 4.03. The Morgan fingerprint density at radius 3 is 3.13 bits per heavy atom. The fraction of sp³-hybridized carbons (Fsp3) is 0.267. The van der Waals surface area contributed by atoms with Crippen LogP contribution in [0, 0.1) is 5.13 Å². The highest BCUT2D eigenvalue weighted by Gasteiger charge is 2.31. The van der Waals surface area contributed by atoms with E-state index in [0.29, 0.717) is 29.3 Å². The lowest BCUT2D eigenvalue weighted by atomic mass is 10.0. The number of halogens is 2. The molecule has 8 heteroatoms. The van der Waals surface area contributed by atoms with Gasteiger partial charge < -0.3 is 4.90 Å². The minimum Gasteiger partial charge on any atom is -0.330 e. The van der Waals surface area contributed by atoms with Crippen molar-refractivity contribution in [2.24, 2.45) is 0 Å². The van der Waals surface area contributed by atoms with E-state index < -0.39 is 0 Å². The maximum absolute atomic E-state index is 13.5. The number of carbonyl (C=O) groups excluding carboxylic acids is 1. The van der Waals surface area contributed by atoms with Crippen LogP contribution in [0.3, 0.4) is 0 Å². The van der Waals surface area contributed by atoms with Gasteiger partial charge in [-0.25, -0.2) is 9.50 Å². The second kappa shape index (κ2) is 5.28. The summed E-state index contributed by atoms with van der Waals surface area (Å²) >= 11 is 7.04. The van der Waals surface area contributed by atoms with Gasteiger partial charge in [-0.05, 0) is 25.0 Å². The third kappa shape index (κ3) is 2.40. The number of nitrogens with zero attached hydrogens (tertiary/aromatic N) is 4. The molecule has 4 rings (SSSR count). The average Bonchev–Trinajstić information content (AvgIpc) is 3.09. The molecule has 0 bridgehead atoms. The van der Waals surface area contributed by atoms with Gasteiger partial charge in [0.2, 0.25) is 0 Å². The molecule has 118 valence electrons. The van der Waals surface area contributed by atoms with Gasteiger partial charge in [-0.3, -0.25) is 4.79 Å². The van der Waals surface area contributed by atoms with E-state index in [9.17, 15) is 9.18 Å². The third-order valence-electron chi connectivity index (χ3n) is 4.07. The number of aromatic nitrogens is 3. The standard InChI is InChI=1S/C15H12ClFN4OS/c1-8-10-4-13(17)23-12(10)2-3-20(8)15(22)11-5-14-18-6-9(16)7-21(14)19-11/h4-8H,2-3H2,1H3. The van der Waals surface area contributed by atoms with Crippen molar-refractivity contribution in [2.75, 3.05) is 6.54 Å². The normalized spacial score (nSPS) is 17.5. The van der Waals surface area contributed by atoms with Gasteiger partial charge in [-0.2, -0.15) is 9.49 Å². The van der Waals surface area contributed by atoms with Crippen molar-refractivity contribution in [3.63, 3.8) is 0 Å². The quantitative estimate of drug-likeness (QED) is 0.676. The van der Waals surface area contributed by atoms with Crippen molar-refractivity contribution in [1.29, 1.82) is 0 Å². The van der Waals surface area contributed by atoms with Crippen LogP contribution in [0.2, 0.25) is 5.02 Å². The maximum atomic E-state index is 13.5. The Kier molecular flexibility index (Phi) is 3.35. The Morgan fingerprint density at radius 2 is 2.30 bits per heavy atom. The molecule has 5 nitrogen and oxygen atoms in total. The number of fused-ring (bicyclic) bond motifs is 2.